The van der Waals surface area contributed by atoms with Gasteiger partial charge in [-0.3, -0.25) is 9.59 Å². The van der Waals surface area contributed by atoms with E-state index in [4.69, 9.17) is 15.2 Å². The van der Waals surface area contributed by atoms with Crippen LogP contribution in [0.15, 0.2) is 30.3 Å². The third kappa shape index (κ3) is 13.3. The molecule has 0 aliphatic carbocycles. The van der Waals surface area contributed by atoms with Crippen molar-refractivity contribution in [2.75, 3.05) is 7.11 Å². The van der Waals surface area contributed by atoms with Crippen LogP contribution < -0.4 is 11.1 Å². The number of primary amides is 1. The summed E-state index contributed by atoms with van der Waals surface area (Å²) < 4.78 is 15.9. The van der Waals surface area contributed by atoms with Crippen molar-refractivity contribution in [1.82, 2.24) is 5.32 Å². The van der Waals surface area contributed by atoms with Gasteiger partial charge >= 0.3 is 12.1 Å². The van der Waals surface area contributed by atoms with Crippen LogP contribution in [0.25, 0.3) is 6.08 Å². The first kappa shape index (κ1) is 28.2. The van der Waals surface area contributed by atoms with Gasteiger partial charge in [0, 0.05) is 12.8 Å². The second kappa shape index (κ2) is 14.3. The molecule has 0 spiro atoms. The van der Waals surface area contributed by atoms with Crippen LogP contribution in [-0.2, 0) is 30.4 Å². The Hall–Kier alpha value is -2.87. The summed E-state index contributed by atoms with van der Waals surface area (Å²) in [6, 6.07) is 7.51. The highest BCUT2D eigenvalue weighted by Gasteiger charge is 2.24. The van der Waals surface area contributed by atoms with Gasteiger partial charge in [-0.15, -0.1) is 0 Å². The number of benzene rings is 1. The molecule has 2 amide bonds. The summed E-state index contributed by atoms with van der Waals surface area (Å²) >= 11 is 0. The Morgan fingerprint density at radius 1 is 1.12 bits per heavy atom. The number of nitrogens with two attached hydrogens (primary N) is 1. The van der Waals surface area contributed by atoms with Crippen LogP contribution in [0.4, 0.5) is 4.79 Å². The molecular formula is C25H38N2O6. The fourth-order valence-electron chi connectivity index (χ4n) is 2.94. The van der Waals surface area contributed by atoms with E-state index in [1.807, 2.05) is 43.3 Å². The summed E-state index contributed by atoms with van der Waals surface area (Å²) in [4.78, 5) is 34.5. The molecule has 0 bridgehead atoms. The molecule has 8 nitrogen and oxygen atoms in total. The molecule has 184 valence electrons. The Bertz CT molecular complexity index is 783. The lowest BCUT2D eigenvalue weighted by Crippen LogP contribution is -2.45. The summed E-state index contributed by atoms with van der Waals surface area (Å²) in [5.41, 5.74) is 6.68. The molecule has 1 aromatic rings. The number of esters is 1. The van der Waals surface area contributed by atoms with E-state index in [1.54, 1.807) is 20.8 Å². The lowest BCUT2D eigenvalue weighted by atomic mass is 10.1. The number of rotatable bonds is 13. The van der Waals surface area contributed by atoms with Gasteiger partial charge < -0.3 is 25.3 Å². The number of carbonyl (C=O) groups excluding carboxylic acids is 3. The Morgan fingerprint density at radius 2 is 1.79 bits per heavy atom. The molecule has 0 aromatic heterocycles. The Balaban J connectivity index is 2.57. The van der Waals surface area contributed by atoms with Crippen molar-refractivity contribution in [2.45, 2.75) is 84.2 Å². The molecule has 0 fully saturated rings. The molecule has 0 heterocycles. The number of methoxy groups -OCH3 is 1. The smallest absolute Gasteiger partial charge is 0.407 e. The zero-order valence-electron chi connectivity index (χ0n) is 20.4. The first-order chi connectivity index (χ1) is 15.5. The average molecular weight is 463 g/mol. The molecule has 0 saturated carbocycles. The third-order valence-corrected chi connectivity index (χ3v) is 4.75. The predicted molar refractivity (Wildman–Crippen MR) is 127 cm³/mol. The Morgan fingerprint density at radius 3 is 2.36 bits per heavy atom. The van der Waals surface area contributed by atoms with E-state index in [1.165, 1.54) is 7.11 Å². The maximum absolute atomic E-state index is 12.2. The summed E-state index contributed by atoms with van der Waals surface area (Å²) in [6.07, 6.45) is 5.58. The summed E-state index contributed by atoms with van der Waals surface area (Å²) in [5, 5.41) is 2.79. The fourth-order valence-corrected chi connectivity index (χ4v) is 2.94. The normalized spacial score (nSPS) is 13.4. The van der Waals surface area contributed by atoms with Crippen molar-refractivity contribution in [3.63, 3.8) is 0 Å². The first-order valence-electron chi connectivity index (χ1n) is 11.2. The van der Waals surface area contributed by atoms with Gasteiger partial charge in [0.05, 0.1) is 25.9 Å². The zero-order chi connectivity index (χ0) is 24.9. The minimum absolute atomic E-state index is 0.134. The van der Waals surface area contributed by atoms with Crippen LogP contribution in [0.5, 0.6) is 0 Å². The SMILES string of the molecule is COC(=O)CCC/C=C/c1ccc(CO[C@H](C)[C@H](CCC(N)=O)NC(=O)OC(C)(C)C)cc1. The molecule has 33 heavy (non-hydrogen) atoms. The zero-order valence-corrected chi connectivity index (χ0v) is 20.4. The number of carbonyl (C=O) groups is 3. The van der Waals surface area contributed by atoms with Gasteiger partial charge in [-0.2, -0.15) is 0 Å². The number of hydrogen-bond acceptors (Lipinski definition) is 6. The van der Waals surface area contributed by atoms with Crippen LogP contribution in [0.1, 0.15) is 70.9 Å². The van der Waals surface area contributed by atoms with Crippen LogP contribution in [0.2, 0.25) is 0 Å². The molecule has 0 aliphatic heterocycles. The van der Waals surface area contributed by atoms with E-state index in [9.17, 15) is 14.4 Å². The maximum Gasteiger partial charge on any atom is 0.407 e. The molecule has 0 unspecified atom stereocenters. The number of allylic oxidation sites excluding steroid dienone is 1. The second-order valence-electron chi connectivity index (χ2n) is 8.89. The second-order valence-corrected chi connectivity index (χ2v) is 8.89. The number of nitrogens with one attached hydrogen (secondary N) is 1. The molecular weight excluding hydrogens is 424 g/mol. The molecule has 0 saturated heterocycles. The van der Waals surface area contributed by atoms with Crippen LogP contribution in [0.3, 0.4) is 0 Å². The van der Waals surface area contributed by atoms with Crippen molar-refractivity contribution in [3.8, 4) is 0 Å². The molecule has 8 heteroatoms. The summed E-state index contributed by atoms with van der Waals surface area (Å²) in [7, 11) is 1.39. The van der Waals surface area contributed by atoms with Gasteiger partial charge in [-0.05, 0) is 58.1 Å². The highest BCUT2D eigenvalue weighted by atomic mass is 16.6. The van der Waals surface area contributed by atoms with Gasteiger partial charge in [0.25, 0.3) is 0 Å². The monoisotopic (exact) mass is 462 g/mol. The lowest BCUT2D eigenvalue weighted by Gasteiger charge is -2.27. The van der Waals surface area contributed by atoms with Crippen molar-refractivity contribution >= 4 is 24.0 Å². The molecule has 2 atom stereocenters. The first-order valence-corrected chi connectivity index (χ1v) is 11.2. The number of amides is 2. The molecule has 1 rings (SSSR count). The Kier molecular flexibility index (Phi) is 12.2. The third-order valence-electron chi connectivity index (χ3n) is 4.75. The molecule has 0 radical (unpaired) electrons. The van der Waals surface area contributed by atoms with E-state index >= 15 is 0 Å². The number of hydrogen-bond donors (Lipinski definition) is 2. The fraction of sp³-hybridized carbons (Fsp3) is 0.560. The topological polar surface area (TPSA) is 117 Å². The number of ether oxygens (including phenoxy) is 3. The van der Waals surface area contributed by atoms with E-state index in [-0.39, 0.29) is 18.5 Å². The van der Waals surface area contributed by atoms with Gasteiger partial charge in [0.15, 0.2) is 0 Å². The van der Waals surface area contributed by atoms with Gasteiger partial charge in [0.1, 0.15) is 5.60 Å². The number of alkyl carbamates (subject to hydrolysis) is 1. The van der Waals surface area contributed by atoms with Crippen LogP contribution in [-0.4, -0.2) is 42.8 Å². The molecule has 1 aromatic carbocycles. The largest absolute Gasteiger partial charge is 0.469 e. The number of unbranched alkanes of at least 4 members (excludes halogenated alkanes) is 1. The highest BCUT2D eigenvalue weighted by Crippen LogP contribution is 2.14. The van der Waals surface area contributed by atoms with Gasteiger partial charge in [-0.1, -0.05) is 36.4 Å². The van der Waals surface area contributed by atoms with Crippen LogP contribution >= 0.6 is 0 Å². The van der Waals surface area contributed by atoms with Crippen molar-refractivity contribution in [2.24, 2.45) is 5.73 Å². The Labute approximate surface area is 196 Å². The standard InChI is InChI=1S/C25H38N2O6/c1-18(21(15-16-22(26)28)27-24(30)33-25(2,3)4)32-17-20-13-11-19(12-14-20)9-7-6-8-10-23(29)31-5/h7,9,11-14,18,21H,6,8,10,15-17H2,1-5H3,(H2,26,28)(H,27,30)/b9-7+/t18-,21+/m1/s1. The van der Waals surface area contributed by atoms with Crippen molar-refractivity contribution in [3.05, 3.63) is 41.5 Å². The predicted octanol–water partition coefficient (Wildman–Crippen LogP) is 4.11. The van der Waals surface area contributed by atoms with Crippen LogP contribution in [0, 0.1) is 0 Å². The minimum Gasteiger partial charge on any atom is -0.469 e. The summed E-state index contributed by atoms with van der Waals surface area (Å²) in [6.45, 7) is 7.55. The molecule has 0 aliphatic rings. The van der Waals surface area contributed by atoms with E-state index in [2.05, 4.69) is 10.1 Å². The average Bonchev–Trinajstić information content (AvgIpc) is 2.73. The van der Waals surface area contributed by atoms with Gasteiger partial charge in [-0.25, -0.2) is 4.79 Å². The quantitative estimate of drug-likeness (QED) is 0.337. The van der Waals surface area contributed by atoms with E-state index in [0.717, 1.165) is 24.0 Å². The maximum atomic E-state index is 12.2. The van der Waals surface area contributed by atoms with Crippen molar-refractivity contribution in [1.29, 1.82) is 0 Å². The minimum atomic E-state index is -0.625. The highest BCUT2D eigenvalue weighted by molar-refractivity contribution is 5.74. The van der Waals surface area contributed by atoms with Gasteiger partial charge in [0.2, 0.25) is 5.91 Å². The van der Waals surface area contributed by atoms with E-state index < -0.39 is 23.6 Å². The van der Waals surface area contributed by atoms with Crippen molar-refractivity contribution < 1.29 is 28.6 Å². The van der Waals surface area contributed by atoms with E-state index in [0.29, 0.717) is 19.4 Å². The summed E-state index contributed by atoms with van der Waals surface area (Å²) in [5.74, 6) is -0.632. The molecule has 3 N–H and O–H groups in total. The lowest BCUT2D eigenvalue weighted by molar-refractivity contribution is -0.140.